The Balaban J connectivity index is 2.00. The van der Waals surface area contributed by atoms with Gasteiger partial charge in [0.05, 0.1) is 17.9 Å². The third-order valence-corrected chi connectivity index (χ3v) is 6.99. The fraction of sp³-hybridized carbons (Fsp3) is 0.545. The van der Waals surface area contributed by atoms with Crippen molar-refractivity contribution in [2.75, 3.05) is 26.2 Å². The van der Waals surface area contributed by atoms with E-state index in [1.165, 1.54) is 8.99 Å². The number of nitrogens with zero attached hydrogens (tertiary/aromatic N) is 3. The van der Waals surface area contributed by atoms with Crippen LogP contribution in [0.2, 0.25) is 0 Å². The van der Waals surface area contributed by atoms with Crippen LogP contribution in [0.1, 0.15) is 43.6 Å². The first-order chi connectivity index (χ1) is 14.7. The van der Waals surface area contributed by atoms with Gasteiger partial charge in [-0.1, -0.05) is 26.0 Å². The van der Waals surface area contributed by atoms with Crippen molar-refractivity contribution in [2.24, 2.45) is 0 Å². The van der Waals surface area contributed by atoms with Gasteiger partial charge < -0.3 is 10.1 Å². The summed E-state index contributed by atoms with van der Waals surface area (Å²) in [5.41, 5.74) is 1.99. The molecule has 1 amide bonds. The van der Waals surface area contributed by atoms with Crippen LogP contribution in [-0.4, -0.2) is 54.7 Å². The lowest BCUT2D eigenvalue weighted by molar-refractivity contribution is -0.122. The minimum absolute atomic E-state index is 0.0474. The van der Waals surface area contributed by atoms with Crippen molar-refractivity contribution in [3.8, 4) is 5.75 Å². The molecule has 2 rings (SSSR count). The van der Waals surface area contributed by atoms with Crippen molar-refractivity contribution >= 4 is 15.9 Å². The average Bonchev–Trinajstić information content (AvgIpc) is 2.98. The molecule has 9 heteroatoms. The van der Waals surface area contributed by atoms with Crippen molar-refractivity contribution < 1.29 is 17.9 Å². The van der Waals surface area contributed by atoms with E-state index < -0.39 is 10.0 Å². The molecule has 1 heterocycles. The summed E-state index contributed by atoms with van der Waals surface area (Å²) < 4.78 is 34.9. The molecule has 0 unspecified atom stereocenters. The Bertz CT molecular complexity index is 979. The number of nitrogens with one attached hydrogen (secondary N) is 1. The summed E-state index contributed by atoms with van der Waals surface area (Å²) in [4.78, 5) is 12.6. The first-order valence-corrected chi connectivity index (χ1v) is 12.1. The van der Waals surface area contributed by atoms with Crippen LogP contribution in [0.25, 0.3) is 0 Å². The standard InChI is InChI=1S/C22H34N4O4S/c1-6-12-25(13-7-2)31(28,29)22-18(4)24-26(19(22)5)16-21(27)23-11-14-30-20-10-8-9-17(3)15-20/h8-10,15H,6-7,11-14,16H2,1-5H3,(H,23,27). The highest BCUT2D eigenvalue weighted by molar-refractivity contribution is 7.89. The Morgan fingerprint density at radius 1 is 1.16 bits per heavy atom. The number of ether oxygens (including phenoxy) is 1. The van der Waals surface area contributed by atoms with Gasteiger partial charge in [0, 0.05) is 13.1 Å². The Morgan fingerprint density at radius 2 is 1.84 bits per heavy atom. The van der Waals surface area contributed by atoms with Gasteiger partial charge >= 0.3 is 0 Å². The smallest absolute Gasteiger partial charge is 0.246 e. The zero-order chi connectivity index (χ0) is 23.0. The molecule has 0 radical (unpaired) electrons. The topological polar surface area (TPSA) is 93.5 Å². The summed E-state index contributed by atoms with van der Waals surface area (Å²) in [6.07, 6.45) is 1.47. The molecule has 0 saturated carbocycles. The first kappa shape index (κ1) is 24.9. The van der Waals surface area contributed by atoms with E-state index in [9.17, 15) is 13.2 Å². The van der Waals surface area contributed by atoms with Crippen LogP contribution in [0.5, 0.6) is 5.75 Å². The molecule has 0 aliphatic rings. The molecule has 0 aliphatic heterocycles. The second-order valence-electron chi connectivity index (χ2n) is 7.58. The van der Waals surface area contributed by atoms with E-state index in [2.05, 4.69) is 10.4 Å². The largest absolute Gasteiger partial charge is 0.492 e. The number of aryl methyl sites for hydroxylation is 2. The summed E-state index contributed by atoms with van der Waals surface area (Å²) in [5, 5.41) is 7.11. The molecular formula is C22H34N4O4S. The van der Waals surface area contributed by atoms with Crippen molar-refractivity contribution in [1.82, 2.24) is 19.4 Å². The number of amides is 1. The summed E-state index contributed by atoms with van der Waals surface area (Å²) in [5.74, 6) is 0.507. The van der Waals surface area contributed by atoms with E-state index in [-0.39, 0.29) is 17.3 Å². The van der Waals surface area contributed by atoms with Gasteiger partial charge in [0.15, 0.2) is 0 Å². The van der Waals surface area contributed by atoms with Crippen molar-refractivity contribution in [2.45, 2.75) is 58.9 Å². The molecule has 0 aliphatic carbocycles. The van der Waals surface area contributed by atoms with Gasteiger partial charge in [-0.3, -0.25) is 9.48 Å². The van der Waals surface area contributed by atoms with E-state index in [1.807, 2.05) is 45.0 Å². The Hall–Kier alpha value is -2.39. The van der Waals surface area contributed by atoms with Gasteiger partial charge in [-0.2, -0.15) is 9.40 Å². The molecule has 31 heavy (non-hydrogen) atoms. The molecule has 2 aromatic rings. The molecule has 0 spiro atoms. The van der Waals surface area contributed by atoms with Crippen LogP contribution in [-0.2, 0) is 21.4 Å². The molecule has 0 atom stereocenters. The second kappa shape index (κ2) is 11.3. The number of benzene rings is 1. The highest BCUT2D eigenvalue weighted by Gasteiger charge is 2.30. The Kier molecular flexibility index (Phi) is 9.06. The average molecular weight is 451 g/mol. The predicted molar refractivity (Wildman–Crippen MR) is 121 cm³/mol. The molecular weight excluding hydrogens is 416 g/mol. The molecule has 172 valence electrons. The fourth-order valence-electron chi connectivity index (χ4n) is 3.44. The van der Waals surface area contributed by atoms with Crippen LogP contribution in [0.3, 0.4) is 0 Å². The first-order valence-electron chi connectivity index (χ1n) is 10.7. The third kappa shape index (κ3) is 6.54. The van der Waals surface area contributed by atoms with Crippen LogP contribution in [0.15, 0.2) is 29.2 Å². The molecule has 0 fully saturated rings. The fourth-order valence-corrected chi connectivity index (χ4v) is 5.44. The van der Waals surface area contributed by atoms with Crippen molar-refractivity contribution in [3.63, 3.8) is 0 Å². The maximum Gasteiger partial charge on any atom is 0.246 e. The quantitative estimate of drug-likeness (QED) is 0.502. The summed E-state index contributed by atoms with van der Waals surface area (Å²) in [6.45, 7) is 10.8. The monoisotopic (exact) mass is 450 g/mol. The van der Waals surface area contributed by atoms with Gasteiger partial charge in [0.2, 0.25) is 15.9 Å². The lowest BCUT2D eigenvalue weighted by Crippen LogP contribution is -2.33. The zero-order valence-electron chi connectivity index (χ0n) is 19.1. The molecule has 1 aromatic carbocycles. The Labute approximate surface area is 185 Å². The van der Waals surface area contributed by atoms with Gasteiger partial charge in [-0.15, -0.1) is 0 Å². The van der Waals surface area contributed by atoms with Crippen LogP contribution in [0.4, 0.5) is 0 Å². The maximum atomic E-state index is 13.2. The van der Waals surface area contributed by atoms with Gasteiger partial charge in [-0.05, 0) is 51.3 Å². The van der Waals surface area contributed by atoms with E-state index >= 15 is 0 Å². The maximum absolute atomic E-state index is 13.2. The summed E-state index contributed by atoms with van der Waals surface area (Å²) >= 11 is 0. The minimum Gasteiger partial charge on any atom is -0.492 e. The van der Waals surface area contributed by atoms with E-state index in [0.29, 0.717) is 37.6 Å². The number of aromatic nitrogens is 2. The number of carbonyl (C=O) groups is 1. The van der Waals surface area contributed by atoms with Gasteiger partial charge in [0.1, 0.15) is 23.8 Å². The third-order valence-electron chi connectivity index (χ3n) is 4.83. The van der Waals surface area contributed by atoms with Crippen LogP contribution >= 0.6 is 0 Å². The molecule has 1 aromatic heterocycles. The molecule has 8 nitrogen and oxygen atoms in total. The highest BCUT2D eigenvalue weighted by atomic mass is 32.2. The molecule has 1 N–H and O–H groups in total. The zero-order valence-corrected chi connectivity index (χ0v) is 20.0. The lowest BCUT2D eigenvalue weighted by Gasteiger charge is -2.21. The molecule has 0 saturated heterocycles. The van der Waals surface area contributed by atoms with E-state index in [0.717, 1.165) is 24.2 Å². The number of hydrogen-bond acceptors (Lipinski definition) is 5. The summed E-state index contributed by atoms with van der Waals surface area (Å²) in [6, 6.07) is 7.70. The van der Waals surface area contributed by atoms with Crippen LogP contribution < -0.4 is 10.1 Å². The minimum atomic E-state index is -3.66. The normalized spacial score (nSPS) is 11.7. The number of rotatable bonds is 12. The molecule has 0 bridgehead atoms. The highest BCUT2D eigenvalue weighted by Crippen LogP contribution is 2.24. The number of hydrogen-bond donors (Lipinski definition) is 1. The number of carbonyl (C=O) groups excluding carboxylic acids is 1. The van der Waals surface area contributed by atoms with E-state index in [1.54, 1.807) is 13.8 Å². The summed E-state index contributed by atoms with van der Waals surface area (Å²) in [7, 11) is -3.66. The van der Waals surface area contributed by atoms with E-state index in [4.69, 9.17) is 4.74 Å². The van der Waals surface area contributed by atoms with Gasteiger partial charge in [-0.25, -0.2) is 8.42 Å². The van der Waals surface area contributed by atoms with Crippen LogP contribution in [0, 0.1) is 20.8 Å². The lowest BCUT2D eigenvalue weighted by atomic mass is 10.2. The second-order valence-corrected chi connectivity index (χ2v) is 9.45. The Morgan fingerprint density at radius 3 is 2.45 bits per heavy atom. The van der Waals surface area contributed by atoms with Gasteiger partial charge in [0.25, 0.3) is 0 Å². The van der Waals surface area contributed by atoms with Crippen molar-refractivity contribution in [3.05, 3.63) is 41.2 Å². The predicted octanol–water partition coefficient (Wildman–Crippen LogP) is 2.81. The SMILES string of the molecule is CCCN(CCC)S(=O)(=O)c1c(C)nn(CC(=O)NCCOc2cccc(C)c2)c1C. The number of sulfonamides is 1. The van der Waals surface area contributed by atoms with Crippen molar-refractivity contribution in [1.29, 1.82) is 0 Å².